The molecule has 0 bridgehead atoms. The maximum absolute atomic E-state index is 6.14. The largest absolute Gasteiger partial charge is 0.389 e. The maximum Gasteiger partial charge on any atom is 0.107 e. The van der Waals surface area contributed by atoms with Crippen molar-refractivity contribution in [2.24, 2.45) is 5.73 Å². The first-order valence-electron chi connectivity index (χ1n) is 5.60. The minimum Gasteiger partial charge on any atom is -0.389 e. The third kappa shape index (κ3) is 3.26. The summed E-state index contributed by atoms with van der Waals surface area (Å²) in [7, 11) is 0. The van der Waals surface area contributed by atoms with E-state index in [4.69, 9.17) is 29.6 Å². The molecule has 2 aromatic rings. The number of aryl methyl sites for hydroxylation is 1. The summed E-state index contributed by atoms with van der Waals surface area (Å²) >= 11 is 14.6. The number of rotatable bonds is 3. The van der Waals surface area contributed by atoms with E-state index in [1.165, 1.54) is 0 Å². The molecule has 0 aliphatic rings. The number of halogens is 2. The van der Waals surface area contributed by atoms with Crippen LogP contribution in [0.3, 0.4) is 0 Å². The average Bonchev–Trinajstić information content (AvgIpc) is 2.32. The van der Waals surface area contributed by atoms with Gasteiger partial charge in [0.05, 0.1) is 16.3 Å². The van der Waals surface area contributed by atoms with Gasteiger partial charge in [-0.05, 0) is 42.8 Å². The van der Waals surface area contributed by atoms with Gasteiger partial charge in [0.1, 0.15) is 4.99 Å². The molecular formula is C14H12BrClN2S. The van der Waals surface area contributed by atoms with Crippen LogP contribution in [0.5, 0.6) is 0 Å². The molecular weight excluding hydrogens is 344 g/mol. The van der Waals surface area contributed by atoms with E-state index in [0.29, 0.717) is 10.6 Å². The molecule has 98 valence electrons. The normalized spacial score (nSPS) is 10.3. The Labute approximate surface area is 131 Å². The van der Waals surface area contributed by atoms with Crippen LogP contribution >= 0.6 is 39.7 Å². The molecule has 19 heavy (non-hydrogen) atoms. The van der Waals surface area contributed by atoms with Gasteiger partial charge in [-0.3, -0.25) is 0 Å². The fraction of sp³-hybridized carbons (Fsp3) is 0.0714. The summed E-state index contributed by atoms with van der Waals surface area (Å²) in [5.41, 5.74) is 9.31. The Hall–Kier alpha value is -1.10. The van der Waals surface area contributed by atoms with E-state index in [1.807, 2.05) is 37.3 Å². The Balaban J connectivity index is 2.44. The van der Waals surface area contributed by atoms with Crippen LogP contribution in [-0.4, -0.2) is 4.99 Å². The Bertz CT molecular complexity index is 643. The first-order valence-corrected chi connectivity index (χ1v) is 7.18. The van der Waals surface area contributed by atoms with E-state index in [2.05, 4.69) is 21.2 Å². The standard InChI is InChI=1S/C14H12BrClN2S/c1-8-7-9(15)5-6-11(8)18-12-4-2-3-10(16)13(12)14(17)19/h2-7,18H,1H3,(H2,17,19). The van der Waals surface area contributed by atoms with Crippen molar-refractivity contribution in [2.45, 2.75) is 6.92 Å². The van der Waals surface area contributed by atoms with E-state index >= 15 is 0 Å². The molecule has 0 aliphatic carbocycles. The zero-order chi connectivity index (χ0) is 14.0. The minimum absolute atomic E-state index is 0.280. The number of hydrogen-bond acceptors (Lipinski definition) is 2. The van der Waals surface area contributed by atoms with Gasteiger partial charge in [0.25, 0.3) is 0 Å². The zero-order valence-electron chi connectivity index (χ0n) is 10.2. The molecule has 0 heterocycles. The van der Waals surface area contributed by atoms with Gasteiger partial charge in [-0.15, -0.1) is 0 Å². The summed E-state index contributed by atoms with van der Waals surface area (Å²) in [4.78, 5) is 0.280. The van der Waals surface area contributed by atoms with E-state index < -0.39 is 0 Å². The van der Waals surface area contributed by atoms with Crippen molar-refractivity contribution < 1.29 is 0 Å². The van der Waals surface area contributed by atoms with E-state index in [1.54, 1.807) is 6.07 Å². The smallest absolute Gasteiger partial charge is 0.107 e. The van der Waals surface area contributed by atoms with Gasteiger partial charge in [-0.2, -0.15) is 0 Å². The molecule has 0 atom stereocenters. The van der Waals surface area contributed by atoms with Crippen LogP contribution in [0, 0.1) is 6.92 Å². The van der Waals surface area contributed by atoms with Gasteiger partial charge in [0.2, 0.25) is 0 Å². The van der Waals surface area contributed by atoms with Gasteiger partial charge in [-0.1, -0.05) is 45.8 Å². The lowest BCUT2D eigenvalue weighted by Gasteiger charge is -2.14. The number of anilines is 2. The van der Waals surface area contributed by atoms with E-state index in [9.17, 15) is 0 Å². The summed E-state index contributed by atoms with van der Waals surface area (Å²) in [5, 5.41) is 3.87. The number of benzene rings is 2. The molecule has 0 unspecified atom stereocenters. The summed E-state index contributed by atoms with van der Waals surface area (Å²) < 4.78 is 1.04. The number of nitrogens with one attached hydrogen (secondary N) is 1. The highest BCUT2D eigenvalue weighted by Gasteiger charge is 2.10. The van der Waals surface area contributed by atoms with Crippen LogP contribution in [0.1, 0.15) is 11.1 Å². The quantitative estimate of drug-likeness (QED) is 0.778. The lowest BCUT2D eigenvalue weighted by molar-refractivity contribution is 1.41. The lowest BCUT2D eigenvalue weighted by atomic mass is 10.1. The molecule has 2 aromatic carbocycles. The highest BCUT2D eigenvalue weighted by Crippen LogP contribution is 2.29. The molecule has 5 heteroatoms. The molecule has 0 spiro atoms. The van der Waals surface area contributed by atoms with E-state index in [0.717, 1.165) is 21.4 Å². The summed E-state index contributed by atoms with van der Waals surface area (Å²) in [6.07, 6.45) is 0. The predicted molar refractivity (Wildman–Crippen MR) is 89.5 cm³/mol. The fourth-order valence-corrected chi connectivity index (χ4v) is 2.82. The topological polar surface area (TPSA) is 38.0 Å². The van der Waals surface area contributed by atoms with Crippen LogP contribution < -0.4 is 11.1 Å². The Morgan fingerprint density at radius 2 is 2.00 bits per heavy atom. The molecule has 0 fully saturated rings. The van der Waals surface area contributed by atoms with E-state index in [-0.39, 0.29) is 4.99 Å². The second-order valence-corrected chi connectivity index (χ2v) is 5.87. The lowest BCUT2D eigenvalue weighted by Crippen LogP contribution is -2.12. The molecule has 0 saturated heterocycles. The van der Waals surface area contributed by atoms with Crippen molar-refractivity contribution in [1.82, 2.24) is 0 Å². The van der Waals surface area contributed by atoms with Gasteiger partial charge < -0.3 is 11.1 Å². The predicted octanol–water partition coefficient (Wildman–Crippen LogP) is 4.79. The number of hydrogen-bond donors (Lipinski definition) is 2. The molecule has 0 aromatic heterocycles. The molecule has 0 aliphatic heterocycles. The average molecular weight is 356 g/mol. The van der Waals surface area contributed by atoms with Crippen LogP contribution in [0.4, 0.5) is 11.4 Å². The van der Waals surface area contributed by atoms with Gasteiger partial charge in [0, 0.05) is 10.2 Å². The summed E-state index contributed by atoms with van der Waals surface area (Å²) in [6.45, 7) is 2.03. The third-order valence-electron chi connectivity index (χ3n) is 2.72. The van der Waals surface area contributed by atoms with Gasteiger partial charge >= 0.3 is 0 Å². The monoisotopic (exact) mass is 354 g/mol. The molecule has 0 saturated carbocycles. The van der Waals surface area contributed by atoms with Crippen LogP contribution in [0.2, 0.25) is 5.02 Å². The second kappa shape index (κ2) is 5.90. The molecule has 2 nitrogen and oxygen atoms in total. The Kier molecular flexibility index (Phi) is 4.45. The van der Waals surface area contributed by atoms with Crippen molar-refractivity contribution in [3.05, 3.63) is 57.0 Å². The van der Waals surface area contributed by atoms with Gasteiger partial charge in [0.15, 0.2) is 0 Å². The fourth-order valence-electron chi connectivity index (χ4n) is 1.79. The zero-order valence-corrected chi connectivity index (χ0v) is 13.4. The highest BCUT2D eigenvalue weighted by atomic mass is 79.9. The van der Waals surface area contributed by atoms with Crippen molar-refractivity contribution in [3.63, 3.8) is 0 Å². The Morgan fingerprint density at radius 1 is 1.26 bits per heavy atom. The summed E-state index contributed by atoms with van der Waals surface area (Å²) in [6, 6.07) is 11.5. The van der Waals surface area contributed by atoms with Crippen molar-refractivity contribution in [1.29, 1.82) is 0 Å². The van der Waals surface area contributed by atoms with Gasteiger partial charge in [-0.25, -0.2) is 0 Å². The van der Waals surface area contributed by atoms with Crippen LogP contribution in [0.25, 0.3) is 0 Å². The first kappa shape index (κ1) is 14.3. The molecule has 0 radical (unpaired) electrons. The maximum atomic E-state index is 6.14. The Morgan fingerprint density at radius 3 is 2.63 bits per heavy atom. The molecule has 3 N–H and O–H groups in total. The van der Waals surface area contributed by atoms with Crippen molar-refractivity contribution >= 4 is 56.1 Å². The highest BCUT2D eigenvalue weighted by molar-refractivity contribution is 9.10. The number of thiocarbonyl (C=S) groups is 1. The van der Waals surface area contributed by atoms with Crippen LogP contribution in [-0.2, 0) is 0 Å². The second-order valence-electron chi connectivity index (χ2n) is 4.11. The molecule has 2 rings (SSSR count). The van der Waals surface area contributed by atoms with Crippen molar-refractivity contribution in [2.75, 3.05) is 5.32 Å². The van der Waals surface area contributed by atoms with Crippen LogP contribution in [0.15, 0.2) is 40.9 Å². The SMILES string of the molecule is Cc1cc(Br)ccc1Nc1cccc(Cl)c1C(N)=S. The van der Waals surface area contributed by atoms with Crippen molar-refractivity contribution in [3.8, 4) is 0 Å². The number of nitrogens with two attached hydrogens (primary N) is 1. The first-order chi connectivity index (χ1) is 8.99. The molecule has 0 amide bonds. The minimum atomic E-state index is 0.280. The third-order valence-corrected chi connectivity index (χ3v) is 3.73. The summed E-state index contributed by atoms with van der Waals surface area (Å²) in [5.74, 6) is 0.